The van der Waals surface area contributed by atoms with E-state index in [-0.39, 0.29) is 12.6 Å². The molecule has 8 aromatic rings. The summed E-state index contributed by atoms with van der Waals surface area (Å²) in [6, 6.07) is 50.0. The maximum Gasteiger partial charge on any atom is 0.311 e. The van der Waals surface area contributed by atoms with Gasteiger partial charge in [-0.05, 0) is 91.6 Å². The fourth-order valence-electron chi connectivity index (χ4n) is 6.92. The van der Waals surface area contributed by atoms with Crippen LogP contribution in [0.5, 0.6) is 0 Å². The van der Waals surface area contributed by atoms with Crippen LogP contribution in [0.3, 0.4) is 0 Å². The third-order valence-corrected chi connectivity index (χ3v) is 10.1. The number of hydrogen-bond acceptors (Lipinski definition) is 3. The van der Waals surface area contributed by atoms with E-state index in [1.807, 2.05) is 20.8 Å². The molecule has 5 nitrogen and oxygen atoms in total. The number of fused-ring (bicyclic) bond motifs is 6. The Bertz CT molecular complexity index is 2430. The highest BCUT2D eigenvalue weighted by molar-refractivity contribution is 6.10. The molecule has 6 aromatic carbocycles. The Morgan fingerprint density at radius 3 is 1.52 bits per heavy atom. The lowest BCUT2D eigenvalue weighted by Crippen LogP contribution is -2.27. The van der Waals surface area contributed by atoms with Crippen molar-refractivity contribution in [2.45, 2.75) is 33.8 Å². The summed E-state index contributed by atoms with van der Waals surface area (Å²) in [7, 11) is 0. The number of rotatable bonds is 10. The molecule has 0 N–H and O–H groups in total. The van der Waals surface area contributed by atoms with Gasteiger partial charge in [0.2, 0.25) is 0 Å². The van der Waals surface area contributed by atoms with Crippen molar-refractivity contribution < 1.29 is 14.3 Å². The van der Waals surface area contributed by atoms with Gasteiger partial charge in [-0.15, -0.1) is 0 Å². The Morgan fingerprint density at radius 1 is 0.560 bits per heavy atom. The number of carbonyl (C=O) groups excluding carboxylic acids is 1. The van der Waals surface area contributed by atoms with Crippen molar-refractivity contribution in [2.75, 3.05) is 13.2 Å². The molecule has 2 aromatic heterocycles. The maximum atomic E-state index is 12.3. The van der Waals surface area contributed by atoms with E-state index in [2.05, 4.69) is 149 Å². The molecule has 8 rings (SSSR count). The highest BCUT2D eigenvalue weighted by Gasteiger charge is 2.26. The molecule has 2 heterocycles. The number of carbonyl (C=O) groups is 1. The molecular weight excluding hydrogens is 617 g/mol. The van der Waals surface area contributed by atoms with E-state index in [0.29, 0.717) is 13.2 Å². The minimum Gasteiger partial charge on any atom is -0.463 e. The second-order valence-electron chi connectivity index (χ2n) is 13.6. The van der Waals surface area contributed by atoms with Crippen LogP contribution in [0, 0.1) is 5.41 Å². The quantitative estimate of drug-likeness (QED) is 0.109. The van der Waals surface area contributed by atoms with Gasteiger partial charge < -0.3 is 18.6 Å². The molecule has 0 aliphatic heterocycles. The van der Waals surface area contributed by atoms with Gasteiger partial charge in [0.1, 0.15) is 6.61 Å². The van der Waals surface area contributed by atoms with Gasteiger partial charge in [0.25, 0.3) is 0 Å². The van der Waals surface area contributed by atoms with Gasteiger partial charge in [-0.3, -0.25) is 4.79 Å². The molecule has 0 fully saturated rings. The Balaban J connectivity index is 1.03. The molecular formula is C45H40N2O3. The number of benzene rings is 6. The first kappa shape index (κ1) is 31.6. The van der Waals surface area contributed by atoms with Crippen LogP contribution in [0.4, 0.5) is 0 Å². The molecule has 50 heavy (non-hydrogen) atoms. The summed E-state index contributed by atoms with van der Waals surface area (Å²) < 4.78 is 16.0. The first-order valence-corrected chi connectivity index (χ1v) is 17.4. The molecule has 0 unspecified atom stereocenters. The van der Waals surface area contributed by atoms with Gasteiger partial charge in [-0.1, -0.05) is 91.9 Å². The molecule has 0 saturated carbocycles. The fourth-order valence-corrected chi connectivity index (χ4v) is 6.92. The number of ether oxygens (including phenoxy) is 2. The molecule has 0 atom stereocenters. The summed E-state index contributed by atoms with van der Waals surface area (Å²) in [6.07, 6.45) is 0.740. The molecule has 0 amide bonds. The predicted octanol–water partition coefficient (Wildman–Crippen LogP) is 11.0. The van der Waals surface area contributed by atoms with E-state index in [4.69, 9.17) is 9.47 Å². The number of nitrogens with zero attached hydrogens (tertiary/aromatic N) is 2. The fraction of sp³-hybridized carbons (Fsp3) is 0.178. The van der Waals surface area contributed by atoms with E-state index in [1.165, 1.54) is 43.7 Å². The lowest BCUT2D eigenvalue weighted by molar-refractivity contribution is -0.155. The van der Waals surface area contributed by atoms with Crippen molar-refractivity contribution in [1.82, 2.24) is 9.13 Å². The highest BCUT2D eigenvalue weighted by atomic mass is 16.6. The zero-order valence-electron chi connectivity index (χ0n) is 28.7. The average Bonchev–Trinajstić information content (AvgIpc) is 3.67. The van der Waals surface area contributed by atoms with Crippen LogP contribution < -0.4 is 0 Å². The minimum atomic E-state index is -0.472. The standard InChI is InChI=1S/C45H40N2O3/c1-4-45(2,3)44(48)50-28-27-49-30-31-17-26-43-39(29-31)38-13-7-10-16-42(38)47(43)35-24-20-33(21-25-35)32-18-22-34(23-19-32)46-40-14-8-5-11-36(40)37-12-6-9-15-41(37)46/h5-26,29H,4,27-28,30H2,1-3H3. The topological polar surface area (TPSA) is 45.4 Å². The van der Waals surface area contributed by atoms with Crippen molar-refractivity contribution >= 4 is 49.6 Å². The van der Waals surface area contributed by atoms with E-state index < -0.39 is 5.41 Å². The summed E-state index contributed by atoms with van der Waals surface area (Å²) in [4.78, 5) is 12.3. The van der Waals surface area contributed by atoms with Crippen LogP contribution >= 0.6 is 0 Å². The summed E-state index contributed by atoms with van der Waals surface area (Å²) in [6.45, 7) is 6.87. The minimum absolute atomic E-state index is 0.181. The maximum absolute atomic E-state index is 12.3. The summed E-state index contributed by atoms with van der Waals surface area (Å²) in [5.41, 5.74) is 9.96. The number of hydrogen-bond donors (Lipinski definition) is 0. The molecule has 0 radical (unpaired) electrons. The Hall–Kier alpha value is -5.65. The van der Waals surface area contributed by atoms with E-state index in [1.54, 1.807) is 0 Å². The Kier molecular flexibility index (Phi) is 8.21. The second-order valence-corrected chi connectivity index (χ2v) is 13.6. The normalized spacial score (nSPS) is 12.0. The first-order valence-electron chi connectivity index (χ1n) is 17.4. The third kappa shape index (κ3) is 5.64. The third-order valence-electron chi connectivity index (χ3n) is 10.1. The molecule has 0 saturated heterocycles. The van der Waals surface area contributed by atoms with Crippen molar-refractivity contribution in [1.29, 1.82) is 0 Å². The van der Waals surface area contributed by atoms with Crippen LogP contribution in [-0.4, -0.2) is 28.3 Å². The van der Waals surface area contributed by atoms with Crippen LogP contribution in [0.2, 0.25) is 0 Å². The Morgan fingerprint density at radius 2 is 1.02 bits per heavy atom. The van der Waals surface area contributed by atoms with E-state index in [9.17, 15) is 4.79 Å². The van der Waals surface area contributed by atoms with E-state index >= 15 is 0 Å². The molecule has 0 spiro atoms. The lowest BCUT2D eigenvalue weighted by Gasteiger charge is -2.20. The summed E-state index contributed by atoms with van der Waals surface area (Å²) >= 11 is 0. The molecule has 0 aliphatic rings. The van der Waals surface area contributed by atoms with Crippen molar-refractivity contribution in [2.24, 2.45) is 5.41 Å². The molecule has 248 valence electrons. The summed E-state index contributed by atoms with van der Waals surface area (Å²) in [5.74, 6) is -0.181. The predicted molar refractivity (Wildman–Crippen MR) is 205 cm³/mol. The zero-order chi connectivity index (χ0) is 34.2. The van der Waals surface area contributed by atoms with Crippen LogP contribution in [-0.2, 0) is 20.9 Å². The van der Waals surface area contributed by atoms with Crippen molar-refractivity contribution in [3.8, 4) is 22.5 Å². The average molecular weight is 657 g/mol. The van der Waals surface area contributed by atoms with Gasteiger partial charge in [-0.25, -0.2) is 0 Å². The highest BCUT2D eigenvalue weighted by Crippen LogP contribution is 2.35. The zero-order valence-corrected chi connectivity index (χ0v) is 28.7. The van der Waals surface area contributed by atoms with E-state index in [0.717, 1.165) is 34.4 Å². The van der Waals surface area contributed by atoms with Crippen LogP contribution in [0.25, 0.3) is 66.1 Å². The van der Waals surface area contributed by atoms with Crippen molar-refractivity contribution in [3.05, 3.63) is 145 Å². The van der Waals surface area contributed by atoms with Gasteiger partial charge in [-0.2, -0.15) is 0 Å². The van der Waals surface area contributed by atoms with Crippen molar-refractivity contribution in [3.63, 3.8) is 0 Å². The van der Waals surface area contributed by atoms with Gasteiger partial charge in [0.15, 0.2) is 0 Å². The lowest BCUT2D eigenvalue weighted by atomic mass is 9.91. The second kappa shape index (κ2) is 13.0. The summed E-state index contributed by atoms with van der Waals surface area (Å²) in [5, 5.41) is 4.92. The van der Waals surface area contributed by atoms with Gasteiger partial charge >= 0.3 is 5.97 Å². The van der Waals surface area contributed by atoms with Gasteiger partial charge in [0, 0.05) is 32.9 Å². The first-order chi connectivity index (χ1) is 24.4. The smallest absolute Gasteiger partial charge is 0.311 e. The largest absolute Gasteiger partial charge is 0.463 e. The molecule has 5 heteroatoms. The number of esters is 1. The SMILES string of the molecule is CCC(C)(C)C(=O)OCCOCc1ccc2c(c1)c1ccccc1n2-c1ccc(-c2ccc(-n3c4ccccc4c4ccccc43)cc2)cc1. The van der Waals surface area contributed by atoms with Crippen LogP contribution in [0.15, 0.2) is 140 Å². The van der Waals surface area contributed by atoms with Crippen LogP contribution in [0.1, 0.15) is 32.8 Å². The molecule has 0 aliphatic carbocycles. The number of para-hydroxylation sites is 3. The Labute approximate surface area is 292 Å². The molecule has 0 bridgehead atoms. The monoisotopic (exact) mass is 656 g/mol. The van der Waals surface area contributed by atoms with Gasteiger partial charge in [0.05, 0.1) is 40.7 Å². The number of aromatic nitrogens is 2.